The predicted molar refractivity (Wildman–Crippen MR) is 68.6 cm³/mol. The quantitative estimate of drug-likeness (QED) is 0.713. The van der Waals surface area contributed by atoms with Crippen LogP contribution in [0, 0.1) is 11.3 Å². The zero-order valence-electron chi connectivity index (χ0n) is 11.3. The number of amides is 3. The third-order valence-corrected chi connectivity index (χ3v) is 3.09. The average Bonchev–Trinajstić information content (AvgIpc) is 2.41. The van der Waals surface area contributed by atoms with E-state index in [2.05, 4.69) is 5.32 Å². The Morgan fingerprint density at radius 3 is 2.85 bits per heavy atom. The molecule has 0 aliphatic carbocycles. The van der Waals surface area contributed by atoms with Crippen LogP contribution in [-0.4, -0.2) is 65.0 Å². The van der Waals surface area contributed by atoms with Crippen molar-refractivity contribution in [1.29, 1.82) is 5.26 Å². The Bertz CT molecular complexity index is 432. The second kappa shape index (κ2) is 7.33. The average molecular weight is 282 g/mol. The molecule has 1 aliphatic heterocycles. The molecule has 1 saturated heterocycles. The minimum absolute atomic E-state index is 0.198. The van der Waals surface area contributed by atoms with Crippen molar-refractivity contribution < 1.29 is 19.5 Å². The van der Waals surface area contributed by atoms with Gasteiger partial charge in [0.1, 0.15) is 6.04 Å². The molecule has 0 bridgehead atoms. The van der Waals surface area contributed by atoms with Crippen LogP contribution in [0.25, 0.3) is 0 Å². The van der Waals surface area contributed by atoms with Gasteiger partial charge in [0.2, 0.25) is 5.91 Å². The van der Waals surface area contributed by atoms with Gasteiger partial charge >= 0.3 is 12.0 Å². The second-order valence-corrected chi connectivity index (χ2v) is 4.37. The first kappa shape index (κ1) is 15.8. The van der Waals surface area contributed by atoms with Gasteiger partial charge in [0.25, 0.3) is 0 Å². The zero-order valence-corrected chi connectivity index (χ0v) is 11.3. The SMILES string of the molecule is CCN(CCC#N)C(=O)N1CCNC(=O)C1CC(=O)O. The molecule has 110 valence electrons. The van der Waals surface area contributed by atoms with E-state index < -0.39 is 30.4 Å². The minimum atomic E-state index is -1.13. The molecule has 1 aliphatic rings. The van der Waals surface area contributed by atoms with E-state index in [4.69, 9.17) is 10.4 Å². The van der Waals surface area contributed by atoms with Crippen LogP contribution in [0.5, 0.6) is 0 Å². The van der Waals surface area contributed by atoms with Gasteiger partial charge in [0.15, 0.2) is 0 Å². The summed E-state index contributed by atoms with van der Waals surface area (Å²) in [6, 6.07) is 0.562. The molecule has 0 aromatic carbocycles. The van der Waals surface area contributed by atoms with Gasteiger partial charge < -0.3 is 20.2 Å². The molecule has 0 aromatic rings. The fourth-order valence-corrected chi connectivity index (χ4v) is 2.07. The number of carbonyl (C=O) groups excluding carboxylic acids is 2. The van der Waals surface area contributed by atoms with Crippen LogP contribution in [0.3, 0.4) is 0 Å². The Labute approximate surface area is 116 Å². The van der Waals surface area contributed by atoms with E-state index in [0.29, 0.717) is 13.1 Å². The number of carboxylic acids is 1. The maximum atomic E-state index is 12.3. The lowest BCUT2D eigenvalue weighted by atomic mass is 10.1. The summed E-state index contributed by atoms with van der Waals surface area (Å²) in [5.41, 5.74) is 0. The predicted octanol–water partition coefficient (Wildman–Crippen LogP) is -0.383. The highest BCUT2D eigenvalue weighted by Crippen LogP contribution is 2.12. The number of piperazine rings is 1. The maximum Gasteiger partial charge on any atom is 0.320 e. The fourth-order valence-electron chi connectivity index (χ4n) is 2.07. The summed E-state index contributed by atoms with van der Waals surface area (Å²) in [7, 11) is 0. The standard InChI is InChI=1S/C12H18N4O4/c1-2-15(6-3-4-13)12(20)16-7-5-14-11(19)9(16)8-10(17)18/h9H,2-3,5-8H2,1H3,(H,14,19)(H,17,18). The highest BCUT2D eigenvalue weighted by molar-refractivity contribution is 5.91. The van der Waals surface area contributed by atoms with Crippen molar-refractivity contribution in [2.75, 3.05) is 26.2 Å². The summed E-state index contributed by atoms with van der Waals surface area (Å²) < 4.78 is 0. The number of nitriles is 1. The molecule has 0 saturated carbocycles. The third-order valence-electron chi connectivity index (χ3n) is 3.09. The summed E-state index contributed by atoms with van der Waals surface area (Å²) in [6.07, 6.45) is -0.226. The largest absolute Gasteiger partial charge is 0.481 e. The molecule has 1 atom stereocenters. The second-order valence-electron chi connectivity index (χ2n) is 4.37. The Morgan fingerprint density at radius 2 is 2.30 bits per heavy atom. The van der Waals surface area contributed by atoms with E-state index in [0.717, 1.165) is 0 Å². The molecule has 8 nitrogen and oxygen atoms in total. The lowest BCUT2D eigenvalue weighted by molar-refractivity contribution is -0.142. The lowest BCUT2D eigenvalue weighted by Crippen LogP contribution is -2.60. The van der Waals surface area contributed by atoms with Crippen LogP contribution >= 0.6 is 0 Å². The van der Waals surface area contributed by atoms with E-state index in [-0.39, 0.29) is 19.5 Å². The highest BCUT2D eigenvalue weighted by atomic mass is 16.4. The summed E-state index contributed by atoms with van der Waals surface area (Å²) >= 11 is 0. The van der Waals surface area contributed by atoms with Crippen molar-refractivity contribution in [3.63, 3.8) is 0 Å². The summed E-state index contributed by atoms with van der Waals surface area (Å²) in [6.45, 7) is 3.01. The van der Waals surface area contributed by atoms with Gasteiger partial charge in [-0.3, -0.25) is 9.59 Å². The number of nitrogens with one attached hydrogen (secondary N) is 1. The zero-order chi connectivity index (χ0) is 15.1. The molecule has 20 heavy (non-hydrogen) atoms. The molecule has 1 unspecified atom stereocenters. The highest BCUT2D eigenvalue weighted by Gasteiger charge is 2.36. The van der Waals surface area contributed by atoms with Crippen molar-refractivity contribution in [2.24, 2.45) is 0 Å². The Morgan fingerprint density at radius 1 is 1.60 bits per heavy atom. The van der Waals surface area contributed by atoms with Crippen molar-refractivity contribution in [3.05, 3.63) is 0 Å². The first-order chi connectivity index (χ1) is 9.51. The molecular formula is C12H18N4O4. The van der Waals surface area contributed by atoms with Crippen molar-refractivity contribution >= 4 is 17.9 Å². The van der Waals surface area contributed by atoms with Crippen LogP contribution in [0.1, 0.15) is 19.8 Å². The number of hydrogen-bond acceptors (Lipinski definition) is 4. The number of carbonyl (C=O) groups is 3. The number of nitrogens with zero attached hydrogens (tertiary/aromatic N) is 3. The molecule has 8 heteroatoms. The van der Waals surface area contributed by atoms with Gasteiger partial charge in [-0.05, 0) is 6.92 Å². The smallest absolute Gasteiger partial charge is 0.320 e. The van der Waals surface area contributed by atoms with E-state index in [1.165, 1.54) is 9.80 Å². The Kier molecular flexibility index (Phi) is 5.77. The number of hydrogen-bond donors (Lipinski definition) is 2. The molecule has 3 amide bonds. The number of carboxylic acid groups (broad SMARTS) is 1. The van der Waals surface area contributed by atoms with Crippen LogP contribution in [0.4, 0.5) is 4.79 Å². The van der Waals surface area contributed by atoms with Crippen molar-refractivity contribution in [2.45, 2.75) is 25.8 Å². The topological polar surface area (TPSA) is 114 Å². The van der Waals surface area contributed by atoms with Gasteiger partial charge in [-0.15, -0.1) is 0 Å². The Balaban J connectivity index is 2.83. The molecule has 0 spiro atoms. The first-order valence-electron chi connectivity index (χ1n) is 6.43. The van der Waals surface area contributed by atoms with Crippen LogP contribution < -0.4 is 5.32 Å². The van der Waals surface area contributed by atoms with Gasteiger partial charge in [-0.1, -0.05) is 0 Å². The van der Waals surface area contributed by atoms with E-state index in [1.54, 1.807) is 6.92 Å². The van der Waals surface area contributed by atoms with Gasteiger partial charge in [-0.2, -0.15) is 5.26 Å². The normalized spacial score (nSPS) is 18.1. The lowest BCUT2D eigenvalue weighted by Gasteiger charge is -2.37. The molecule has 1 heterocycles. The van der Waals surface area contributed by atoms with Gasteiger partial charge in [-0.25, -0.2) is 4.79 Å². The summed E-state index contributed by atoms with van der Waals surface area (Å²) in [5, 5.41) is 20.0. The molecule has 2 N–H and O–H groups in total. The maximum absolute atomic E-state index is 12.3. The van der Waals surface area contributed by atoms with E-state index >= 15 is 0 Å². The van der Waals surface area contributed by atoms with Crippen LogP contribution in [0.15, 0.2) is 0 Å². The Hall–Kier alpha value is -2.30. The molecule has 0 aromatic heterocycles. The van der Waals surface area contributed by atoms with E-state index in [9.17, 15) is 14.4 Å². The van der Waals surface area contributed by atoms with Crippen molar-refractivity contribution in [1.82, 2.24) is 15.1 Å². The molecule has 1 rings (SSSR count). The van der Waals surface area contributed by atoms with Crippen molar-refractivity contribution in [3.8, 4) is 6.07 Å². The molecule has 1 fully saturated rings. The summed E-state index contributed by atoms with van der Waals surface area (Å²) in [4.78, 5) is 37.6. The first-order valence-corrected chi connectivity index (χ1v) is 6.43. The third kappa shape index (κ3) is 3.85. The van der Waals surface area contributed by atoms with E-state index in [1.807, 2.05) is 6.07 Å². The fraction of sp³-hybridized carbons (Fsp3) is 0.667. The minimum Gasteiger partial charge on any atom is -0.481 e. The number of rotatable bonds is 5. The van der Waals surface area contributed by atoms with Crippen LogP contribution in [0.2, 0.25) is 0 Å². The molecular weight excluding hydrogens is 264 g/mol. The number of urea groups is 1. The number of aliphatic carboxylic acids is 1. The van der Waals surface area contributed by atoms with Gasteiger partial charge in [0.05, 0.1) is 18.9 Å². The molecule has 0 radical (unpaired) electrons. The monoisotopic (exact) mass is 282 g/mol. The van der Waals surface area contributed by atoms with Gasteiger partial charge in [0, 0.05) is 26.2 Å². The summed E-state index contributed by atoms with van der Waals surface area (Å²) in [5.74, 6) is -1.59. The van der Waals surface area contributed by atoms with Crippen LogP contribution in [-0.2, 0) is 9.59 Å².